The number of aromatic nitrogens is 3. The minimum Gasteiger partial charge on any atom is -0.332 e. The van der Waals surface area contributed by atoms with Crippen LogP contribution >= 0.6 is 11.8 Å². The maximum atomic E-state index is 12.9. The lowest BCUT2D eigenvalue weighted by Gasteiger charge is -2.26. The summed E-state index contributed by atoms with van der Waals surface area (Å²) in [6.07, 6.45) is 6.55. The van der Waals surface area contributed by atoms with Crippen molar-refractivity contribution in [2.75, 3.05) is 6.54 Å². The molecule has 1 atom stereocenters. The van der Waals surface area contributed by atoms with Gasteiger partial charge in [-0.3, -0.25) is 4.79 Å². The van der Waals surface area contributed by atoms with Crippen molar-refractivity contribution in [3.05, 3.63) is 41.7 Å². The van der Waals surface area contributed by atoms with E-state index in [0.717, 1.165) is 49.0 Å². The third-order valence-corrected chi connectivity index (χ3v) is 6.71. The summed E-state index contributed by atoms with van der Waals surface area (Å²) in [4.78, 5) is 15.0. The summed E-state index contributed by atoms with van der Waals surface area (Å²) >= 11 is 1.70. The predicted molar refractivity (Wildman–Crippen MR) is 103 cm³/mol. The smallest absolute Gasteiger partial charge is 0.226 e. The second kappa shape index (κ2) is 7.82. The molecule has 4 rings (SSSR count). The van der Waals surface area contributed by atoms with Crippen LogP contribution in [0, 0.1) is 5.92 Å². The molecule has 1 aromatic carbocycles. The number of thioether (sulfide) groups is 1. The van der Waals surface area contributed by atoms with E-state index >= 15 is 0 Å². The number of benzene rings is 1. The maximum absolute atomic E-state index is 12.9. The van der Waals surface area contributed by atoms with Crippen LogP contribution < -0.4 is 0 Å². The van der Waals surface area contributed by atoms with E-state index in [0.29, 0.717) is 5.91 Å². The molecule has 2 aromatic rings. The third kappa shape index (κ3) is 3.52. The molecule has 26 heavy (non-hydrogen) atoms. The first-order valence-electron chi connectivity index (χ1n) is 9.60. The number of carbonyl (C=O) groups excluding carboxylic acids is 1. The zero-order valence-electron chi connectivity index (χ0n) is 15.3. The van der Waals surface area contributed by atoms with Gasteiger partial charge in [-0.05, 0) is 31.2 Å². The highest BCUT2D eigenvalue weighted by atomic mass is 32.2. The van der Waals surface area contributed by atoms with Crippen molar-refractivity contribution < 1.29 is 4.79 Å². The summed E-state index contributed by atoms with van der Waals surface area (Å²) in [7, 11) is 2.03. The lowest BCUT2D eigenvalue weighted by molar-refractivity contribution is -0.136. The van der Waals surface area contributed by atoms with Crippen LogP contribution in [0.2, 0.25) is 0 Å². The highest BCUT2D eigenvalue weighted by Gasteiger charge is 2.37. The number of hydrogen-bond donors (Lipinski definition) is 0. The molecular weight excluding hydrogens is 344 g/mol. The topological polar surface area (TPSA) is 51.0 Å². The van der Waals surface area contributed by atoms with Crippen LogP contribution in [0.15, 0.2) is 35.5 Å². The molecule has 0 spiro atoms. The van der Waals surface area contributed by atoms with Gasteiger partial charge in [-0.2, -0.15) is 0 Å². The molecule has 2 aliphatic rings. The van der Waals surface area contributed by atoms with E-state index in [-0.39, 0.29) is 12.0 Å². The van der Waals surface area contributed by atoms with E-state index in [4.69, 9.17) is 0 Å². The Balaban J connectivity index is 1.47. The Hall–Kier alpha value is -1.82. The van der Waals surface area contributed by atoms with Gasteiger partial charge < -0.3 is 9.47 Å². The van der Waals surface area contributed by atoms with Crippen LogP contribution in [-0.2, 0) is 17.6 Å². The van der Waals surface area contributed by atoms with Gasteiger partial charge in [-0.15, -0.1) is 10.2 Å². The van der Waals surface area contributed by atoms with E-state index in [2.05, 4.69) is 43.9 Å². The fraction of sp³-hybridized carbons (Fsp3) is 0.550. The number of hydrogen-bond acceptors (Lipinski definition) is 4. The van der Waals surface area contributed by atoms with Crippen molar-refractivity contribution in [2.45, 2.75) is 55.5 Å². The molecule has 0 bridgehead atoms. The molecule has 6 heteroatoms. The zero-order chi connectivity index (χ0) is 17.9. The van der Waals surface area contributed by atoms with Gasteiger partial charge in [-0.25, -0.2) is 0 Å². The lowest BCUT2D eigenvalue weighted by atomic mass is 10.1. The molecule has 2 fully saturated rings. The van der Waals surface area contributed by atoms with Crippen molar-refractivity contribution in [2.24, 2.45) is 13.0 Å². The molecular formula is C20H26N4OS. The molecule has 138 valence electrons. The highest BCUT2D eigenvalue weighted by Crippen LogP contribution is 2.36. The minimum atomic E-state index is 0.0895. The first-order valence-corrected chi connectivity index (χ1v) is 10.6. The number of amides is 1. The Morgan fingerprint density at radius 3 is 2.65 bits per heavy atom. The van der Waals surface area contributed by atoms with Gasteiger partial charge in [0, 0.05) is 25.3 Å². The molecule has 0 N–H and O–H groups in total. The van der Waals surface area contributed by atoms with Gasteiger partial charge >= 0.3 is 0 Å². The molecule has 2 heterocycles. The Morgan fingerprint density at radius 2 is 1.88 bits per heavy atom. The Morgan fingerprint density at radius 1 is 1.12 bits per heavy atom. The van der Waals surface area contributed by atoms with E-state index < -0.39 is 0 Å². The van der Waals surface area contributed by atoms with Crippen molar-refractivity contribution >= 4 is 17.7 Å². The molecule has 1 amide bonds. The van der Waals surface area contributed by atoms with Gasteiger partial charge in [0.1, 0.15) is 0 Å². The molecule has 1 unspecified atom stereocenters. The quantitative estimate of drug-likeness (QED) is 0.748. The number of nitrogens with zero attached hydrogens (tertiary/aromatic N) is 4. The van der Waals surface area contributed by atoms with Crippen LogP contribution in [0.25, 0.3) is 0 Å². The van der Waals surface area contributed by atoms with E-state index in [1.807, 2.05) is 13.1 Å². The normalized spacial score (nSPS) is 20.8. The minimum absolute atomic E-state index is 0.0895. The van der Waals surface area contributed by atoms with Crippen LogP contribution in [0.5, 0.6) is 0 Å². The first-order chi connectivity index (χ1) is 12.7. The van der Waals surface area contributed by atoms with Crippen LogP contribution in [0.4, 0.5) is 0 Å². The van der Waals surface area contributed by atoms with Crippen molar-refractivity contribution in [3.63, 3.8) is 0 Å². The van der Waals surface area contributed by atoms with Gasteiger partial charge in [0.15, 0.2) is 11.0 Å². The zero-order valence-corrected chi connectivity index (χ0v) is 16.1. The molecule has 1 saturated heterocycles. The van der Waals surface area contributed by atoms with E-state index in [1.165, 1.54) is 18.4 Å². The van der Waals surface area contributed by atoms with Crippen molar-refractivity contribution in [3.8, 4) is 0 Å². The first kappa shape index (κ1) is 17.6. The Bertz CT molecular complexity index is 754. The molecule has 1 aliphatic heterocycles. The van der Waals surface area contributed by atoms with E-state index in [9.17, 15) is 4.79 Å². The summed E-state index contributed by atoms with van der Waals surface area (Å²) in [5.41, 5.74) is 1.28. The fourth-order valence-electron chi connectivity index (χ4n) is 4.17. The Kier molecular flexibility index (Phi) is 5.29. The summed E-state index contributed by atoms with van der Waals surface area (Å²) in [5, 5.41) is 9.79. The number of likely N-dealkylation sites (tertiary alicyclic amines) is 1. The Labute approximate surface area is 159 Å². The lowest BCUT2D eigenvalue weighted by Crippen LogP contribution is -2.35. The number of carbonyl (C=O) groups is 1. The largest absolute Gasteiger partial charge is 0.332 e. The standard InChI is InChI=1S/C20H26N4OS/c1-23-18(21-22-20(23)26-14-15-8-3-2-4-9-15)17-12-7-13-24(17)19(25)16-10-5-6-11-16/h2-4,8-9,16-17H,5-7,10-14H2,1H3. The van der Waals surface area contributed by atoms with Gasteiger partial charge in [-0.1, -0.05) is 54.9 Å². The molecule has 1 aliphatic carbocycles. The second-order valence-corrected chi connectivity index (χ2v) is 8.29. The second-order valence-electron chi connectivity index (χ2n) is 7.35. The maximum Gasteiger partial charge on any atom is 0.226 e. The molecule has 1 aromatic heterocycles. The summed E-state index contributed by atoms with van der Waals surface area (Å²) in [5.74, 6) is 2.38. The summed E-state index contributed by atoms with van der Waals surface area (Å²) in [6, 6.07) is 10.5. The van der Waals surface area contributed by atoms with Gasteiger partial charge in [0.05, 0.1) is 6.04 Å². The summed E-state index contributed by atoms with van der Waals surface area (Å²) < 4.78 is 2.08. The predicted octanol–water partition coefficient (Wildman–Crippen LogP) is 3.96. The molecule has 0 radical (unpaired) electrons. The van der Waals surface area contributed by atoms with Crippen molar-refractivity contribution in [1.82, 2.24) is 19.7 Å². The molecule has 5 nitrogen and oxygen atoms in total. The monoisotopic (exact) mass is 370 g/mol. The van der Waals surface area contributed by atoms with Gasteiger partial charge in [0.25, 0.3) is 0 Å². The average Bonchev–Trinajstić information content (AvgIpc) is 3.41. The average molecular weight is 371 g/mol. The van der Waals surface area contributed by atoms with Crippen LogP contribution in [0.3, 0.4) is 0 Å². The van der Waals surface area contributed by atoms with E-state index in [1.54, 1.807) is 11.8 Å². The highest BCUT2D eigenvalue weighted by molar-refractivity contribution is 7.98. The SMILES string of the molecule is Cn1c(SCc2ccccc2)nnc1C1CCCN1C(=O)C1CCCC1. The summed E-state index contributed by atoms with van der Waals surface area (Å²) in [6.45, 7) is 0.860. The van der Waals surface area contributed by atoms with Gasteiger partial charge in [0.2, 0.25) is 5.91 Å². The van der Waals surface area contributed by atoms with Crippen molar-refractivity contribution in [1.29, 1.82) is 0 Å². The number of rotatable bonds is 5. The third-order valence-electron chi connectivity index (χ3n) is 5.62. The fourth-order valence-corrected chi connectivity index (χ4v) is 5.04. The van der Waals surface area contributed by atoms with Crippen LogP contribution in [-0.4, -0.2) is 32.1 Å². The molecule has 1 saturated carbocycles. The van der Waals surface area contributed by atoms with Crippen LogP contribution in [0.1, 0.15) is 56.0 Å².